The van der Waals surface area contributed by atoms with E-state index >= 15 is 4.39 Å². The first-order valence-electron chi connectivity index (χ1n) is 10.8. The van der Waals surface area contributed by atoms with E-state index in [4.69, 9.17) is 4.74 Å². The van der Waals surface area contributed by atoms with Crippen molar-refractivity contribution in [1.82, 2.24) is 0 Å². The highest BCUT2D eigenvalue weighted by Gasteiger charge is 2.56. The fraction of sp³-hybridized carbons (Fsp3) is 0.864. The van der Waals surface area contributed by atoms with Gasteiger partial charge in [-0.2, -0.15) is 0 Å². The van der Waals surface area contributed by atoms with Gasteiger partial charge >= 0.3 is 5.97 Å². The molecular weight excluding hydrogens is 490 g/mol. The van der Waals surface area contributed by atoms with E-state index in [9.17, 15) is 15.0 Å². The highest BCUT2D eigenvalue weighted by atomic mass is 127. The van der Waals surface area contributed by atoms with Gasteiger partial charge in [-0.15, -0.1) is 0 Å². The van der Waals surface area contributed by atoms with Crippen LogP contribution in [0.5, 0.6) is 0 Å². The molecule has 0 spiro atoms. The molecule has 5 nitrogen and oxygen atoms in total. The summed E-state index contributed by atoms with van der Waals surface area (Å²) in [6.07, 6.45) is 6.75. The Kier molecular flexibility index (Phi) is 8.01. The molecule has 8 atom stereocenters. The van der Waals surface area contributed by atoms with Crippen molar-refractivity contribution in [2.24, 2.45) is 17.3 Å². The zero-order valence-electron chi connectivity index (χ0n) is 17.3. The number of carbonyl (C=O) groups is 1. The van der Waals surface area contributed by atoms with Gasteiger partial charge in [0.1, 0.15) is 12.3 Å². The number of esters is 1. The second-order valence-electron chi connectivity index (χ2n) is 9.22. The largest absolute Gasteiger partial charge is 0.469 e. The zero-order chi connectivity index (χ0) is 21.2. The van der Waals surface area contributed by atoms with Crippen LogP contribution in [0.3, 0.4) is 0 Å². The van der Waals surface area contributed by atoms with Crippen molar-refractivity contribution in [2.45, 2.75) is 92.8 Å². The maximum Gasteiger partial charge on any atom is 0.305 e. The lowest BCUT2D eigenvalue weighted by atomic mass is 9.81. The Bertz CT molecular complexity index is 594. The third-order valence-electron chi connectivity index (χ3n) is 7.23. The van der Waals surface area contributed by atoms with E-state index in [-0.39, 0.29) is 33.2 Å². The van der Waals surface area contributed by atoms with Gasteiger partial charge in [0.15, 0.2) is 0 Å². The summed E-state index contributed by atoms with van der Waals surface area (Å²) < 4.78 is 26.0. The van der Waals surface area contributed by atoms with Gasteiger partial charge < -0.3 is 19.7 Å². The van der Waals surface area contributed by atoms with Crippen molar-refractivity contribution in [1.29, 1.82) is 0 Å². The Morgan fingerprint density at radius 2 is 2.10 bits per heavy atom. The molecule has 0 bridgehead atoms. The number of ether oxygens (including phenoxy) is 2. The van der Waals surface area contributed by atoms with Gasteiger partial charge in [-0.25, -0.2) is 4.39 Å². The molecule has 3 unspecified atom stereocenters. The van der Waals surface area contributed by atoms with Gasteiger partial charge in [-0.05, 0) is 31.1 Å². The highest BCUT2D eigenvalue weighted by molar-refractivity contribution is 14.1. The molecule has 0 amide bonds. The molecule has 3 aliphatic rings. The summed E-state index contributed by atoms with van der Waals surface area (Å²) in [5, 5.41) is 21.1. The molecule has 0 radical (unpaired) electrons. The lowest BCUT2D eigenvalue weighted by Crippen LogP contribution is -2.34. The Labute approximate surface area is 186 Å². The lowest BCUT2D eigenvalue weighted by Gasteiger charge is -2.28. The smallest absolute Gasteiger partial charge is 0.305 e. The summed E-state index contributed by atoms with van der Waals surface area (Å²) in [5.41, 5.74) is -0.115. The second-order valence-corrected chi connectivity index (χ2v) is 10.8. The predicted molar refractivity (Wildman–Crippen MR) is 117 cm³/mol. The number of halogens is 2. The molecule has 2 saturated carbocycles. The van der Waals surface area contributed by atoms with Crippen molar-refractivity contribution in [3.05, 3.63) is 12.2 Å². The number of aliphatic hydroxyl groups is 2. The molecule has 1 heterocycles. The molecule has 29 heavy (non-hydrogen) atoms. The number of alkyl halides is 2. The third kappa shape index (κ3) is 5.15. The number of fused-ring (bicyclic) bond motifs is 1. The SMILES string of the molecule is COC(=O)CCCC(I)C1O[C@H]2C[C@@H](O)[C@H](C=CC(O)C3(C)CCCC3)[C@H]2[C@@H]1F. The fourth-order valence-corrected chi connectivity index (χ4v) is 6.32. The van der Waals surface area contributed by atoms with Crippen LogP contribution in [0, 0.1) is 17.3 Å². The molecular formula is C22H34FIO5. The van der Waals surface area contributed by atoms with Gasteiger partial charge in [0.2, 0.25) is 0 Å². The molecule has 0 aromatic heterocycles. The van der Waals surface area contributed by atoms with Gasteiger partial charge in [-0.3, -0.25) is 4.79 Å². The topological polar surface area (TPSA) is 76.0 Å². The molecule has 0 aromatic rings. The van der Waals surface area contributed by atoms with Crippen molar-refractivity contribution in [3.8, 4) is 0 Å². The van der Waals surface area contributed by atoms with Crippen molar-refractivity contribution in [2.75, 3.05) is 7.11 Å². The number of hydrogen-bond acceptors (Lipinski definition) is 5. The average molecular weight is 524 g/mol. The maximum atomic E-state index is 15.3. The third-order valence-corrected chi connectivity index (χ3v) is 8.56. The number of hydrogen-bond donors (Lipinski definition) is 2. The summed E-state index contributed by atoms with van der Waals surface area (Å²) in [5.74, 6) is -0.969. The van der Waals surface area contributed by atoms with Crippen molar-refractivity contribution in [3.63, 3.8) is 0 Å². The normalized spacial score (nSPS) is 38.3. The van der Waals surface area contributed by atoms with Gasteiger partial charge in [0.05, 0.1) is 25.4 Å². The molecule has 0 aromatic carbocycles. The first-order valence-corrected chi connectivity index (χ1v) is 12.1. The van der Waals surface area contributed by atoms with Crippen molar-refractivity contribution < 1.29 is 28.9 Å². The van der Waals surface area contributed by atoms with E-state index in [1.54, 1.807) is 6.08 Å². The summed E-state index contributed by atoms with van der Waals surface area (Å²) in [4.78, 5) is 11.3. The minimum absolute atomic E-state index is 0.0392. The van der Waals surface area contributed by atoms with E-state index in [2.05, 4.69) is 34.3 Å². The Hall–Kier alpha value is -0.250. The highest BCUT2D eigenvalue weighted by Crippen LogP contribution is 2.48. The van der Waals surface area contributed by atoms with E-state index in [0.29, 0.717) is 25.7 Å². The summed E-state index contributed by atoms with van der Waals surface area (Å²) in [6, 6.07) is 0. The van der Waals surface area contributed by atoms with Crippen LogP contribution < -0.4 is 0 Å². The van der Waals surface area contributed by atoms with E-state index in [1.165, 1.54) is 7.11 Å². The van der Waals surface area contributed by atoms with Crippen LogP contribution in [0.2, 0.25) is 0 Å². The maximum absolute atomic E-state index is 15.3. The van der Waals surface area contributed by atoms with E-state index in [0.717, 1.165) is 25.7 Å². The molecule has 2 N–H and O–H groups in total. The zero-order valence-corrected chi connectivity index (χ0v) is 19.5. The minimum Gasteiger partial charge on any atom is -0.469 e. The van der Waals surface area contributed by atoms with Crippen LogP contribution in [0.25, 0.3) is 0 Å². The second kappa shape index (κ2) is 9.92. The van der Waals surface area contributed by atoms with Crippen molar-refractivity contribution >= 4 is 28.6 Å². The Morgan fingerprint density at radius 3 is 2.76 bits per heavy atom. The molecule has 166 valence electrons. The van der Waals surface area contributed by atoms with Gasteiger partial charge in [0.25, 0.3) is 0 Å². The summed E-state index contributed by atoms with van der Waals surface area (Å²) in [6.45, 7) is 2.10. The van der Waals surface area contributed by atoms with Crippen LogP contribution in [-0.2, 0) is 14.3 Å². The lowest BCUT2D eigenvalue weighted by molar-refractivity contribution is -0.140. The molecule has 3 rings (SSSR count). The molecule has 3 fully saturated rings. The van der Waals surface area contributed by atoms with E-state index < -0.39 is 24.5 Å². The molecule has 7 heteroatoms. The Morgan fingerprint density at radius 1 is 1.41 bits per heavy atom. The fourth-order valence-electron chi connectivity index (χ4n) is 5.31. The number of carbonyl (C=O) groups excluding carboxylic acids is 1. The van der Waals surface area contributed by atoms with Gasteiger partial charge in [-0.1, -0.05) is 54.5 Å². The Balaban J connectivity index is 1.59. The number of methoxy groups -OCH3 is 1. The number of aliphatic hydroxyl groups excluding tert-OH is 2. The van der Waals surface area contributed by atoms with Gasteiger partial charge in [0, 0.05) is 28.6 Å². The predicted octanol–water partition coefficient (Wildman–Crippen LogP) is 3.73. The average Bonchev–Trinajstić information content (AvgIpc) is 3.35. The minimum atomic E-state index is -1.16. The quantitative estimate of drug-likeness (QED) is 0.219. The van der Waals surface area contributed by atoms with Crippen LogP contribution >= 0.6 is 22.6 Å². The van der Waals surface area contributed by atoms with Crippen LogP contribution in [0.4, 0.5) is 4.39 Å². The van der Waals surface area contributed by atoms with Crippen LogP contribution in [-0.4, -0.2) is 57.8 Å². The standard InChI is InChI=1S/C22H34FIO5/c1-22(10-3-4-11-22)17(26)9-8-13-15(25)12-16-19(13)20(23)21(29-16)14(24)6-5-7-18(27)28-2/h8-9,13-17,19-21,25-26H,3-7,10-12H2,1-2H3/t13-,14?,15+,16-,17?,19+,20-,21?/m0/s1. The van der Waals surface area contributed by atoms with Crippen LogP contribution in [0.15, 0.2) is 12.2 Å². The first kappa shape index (κ1) is 23.4. The number of rotatable bonds is 8. The molecule has 1 aliphatic heterocycles. The summed E-state index contributed by atoms with van der Waals surface area (Å²) in [7, 11) is 1.37. The first-order chi connectivity index (χ1) is 13.8. The molecule has 1 saturated heterocycles. The van der Waals surface area contributed by atoms with E-state index in [1.807, 2.05) is 6.08 Å². The summed E-state index contributed by atoms with van der Waals surface area (Å²) >= 11 is 2.21. The monoisotopic (exact) mass is 524 g/mol. The molecule has 2 aliphatic carbocycles. The van der Waals surface area contributed by atoms with Crippen LogP contribution in [0.1, 0.15) is 58.3 Å².